The molecule has 2 N–H and O–H groups in total. The maximum Gasteiger partial charge on any atom is 0.253 e. The Hall–Kier alpha value is -1.96. The van der Waals surface area contributed by atoms with Gasteiger partial charge in [-0.2, -0.15) is 0 Å². The Bertz CT molecular complexity index is 922. The molecule has 1 saturated carbocycles. The second-order valence-corrected chi connectivity index (χ2v) is 9.54. The van der Waals surface area contributed by atoms with Crippen molar-refractivity contribution < 1.29 is 19.0 Å². The van der Waals surface area contributed by atoms with Crippen LogP contribution in [0.3, 0.4) is 0 Å². The lowest BCUT2D eigenvalue weighted by Crippen LogP contribution is -2.50. The van der Waals surface area contributed by atoms with Gasteiger partial charge < -0.3 is 20.1 Å². The molecule has 0 unspecified atom stereocenters. The van der Waals surface area contributed by atoms with Crippen LogP contribution >= 0.6 is 11.3 Å². The highest BCUT2D eigenvalue weighted by molar-refractivity contribution is 7.15. The number of hydrogen-bond donors (Lipinski definition) is 2. The smallest absolute Gasteiger partial charge is 0.253 e. The van der Waals surface area contributed by atoms with Crippen molar-refractivity contribution in [1.82, 2.24) is 10.2 Å². The van der Waals surface area contributed by atoms with Gasteiger partial charge in [0.2, 0.25) is 0 Å². The summed E-state index contributed by atoms with van der Waals surface area (Å²) < 4.78 is 19.8. The molecule has 1 aliphatic heterocycles. The maximum atomic E-state index is 14.0. The van der Waals surface area contributed by atoms with Crippen LogP contribution in [0.25, 0.3) is 10.4 Å². The molecular formula is C24H31FN2O3S. The molecule has 1 aromatic heterocycles. The number of carbonyl (C=O) groups excluding carboxylic acids is 1. The third-order valence-corrected chi connectivity index (χ3v) is 7.47. The summed E-state index contributed by atoms with van der Waals surface area (Å²) in [6, 6.07) is 6.96. The standard InChI is InChI=1S/C24H31FN2O3S/c1-3-4-6-16-13-21(31-23(16)18-7-5-8-19(25)22(18)28)15(2)27(17-9-10-17)24(29)20-14-26-11-12-30-20/h5,7-8,13,15,17,20,26,28H,3-4,6,9-12,14H2,1-2H3/t15-,20-/m1/s1. The lowest BCUT2D eigenvalue weighted by Gasteiger charge is -2.33. The number of nitrogens with one attached hydrogen (secondary N) is 1. The Kier molecular flexibility index (Phi) is 6.94. The largest absolute Gasteiger partial charge is 0.504 e. The van der Waals surface area contributed by atoms with Crippen molar-refractivity contribution >= 4 is 17.2 Å². The Morgan fingerprint density at radius 2 is 2.23 bits per heavy atom. The second-order valence-electron chi connectivity index (χ2n) is 8.46. The quantitative estimate of drug-likeness (QED) is 0.620. The van der Waals surface area contributed by atoms with Crippen molar-refractivity contribution in [2.45, 2.75) is 64.1 Å². The topological polar surface area (TPSA) is 61.8 Å². The highest BCUT2D eigenvalue weighted by atomic mass is 32.1. The third kappa shape index (κ3) is 4.78. The predicted molar refractivity (Wildman–Crippen MR) is 121 cm³/mol. The van der Waals surface area contributed by atoms with E-state index in [-0.39, 0.29) is 23.7 Å². The fourth-order valence-corrected chi connectivity index (χ4v) is 5.49. The molecule has 0 radical (unpaired) electrons. The number of benzene rings is 1. The summed E-state index contributed by atoms with van der Waals surface area (Å²) >= 11 is 1.55. The van der Waals surface area contributed by atoms with Gasteiger partial charge in [-0.05, 0) is 56.4 Å². The van der Waals surface area contributed by atoms with E-state index in [0.717, 1.165) is 54.0 Å². The zero-order valence-corrected chi connectivity index (χ0v) is 19.0. The number of aromatic hydroxyl groups is 1. The lowest BCUT2D eigenvalue weighted by atomic mass is 10.0. The van der Waals surface area contributed by atoms with E-state index >= 15 is 0 Å². The number of aryl methyl sites for hydroxylation is 1. The van der Waals surface area contributed by atoms with Crippen molar-refractivity contribution in [2.24, 2.45) is 0 Å². The number of phenolic OH excluding ortho intramolecular Hbond substituents is 1. The molecule has 168 valence electrons. The van der Waals surface area contributed by atoms with Crippen LogP contribution in [0.4, 0.5) is 4.39 Å². The van der Waals surface area contributed by atoms with E-state index in [2.05, 4.69) is 25.2 Å². The molecule has 2 fully saturated rings. The van der Waals surface area contributed by atoms with Gasteiger partial charge in [0.05, 0.1) is 12.6 Å². The first kappa shape index (κ1) is 22.2. The number of carbonyl (C=O) groups is 1. The summed E-state index contributed by atoms with van der Waals surface area (Å²) in [5.41, 5.74) is 1.63. The second kappa shape index (κ2) is 9.67. The molecule has 2 heterocycles. The van der Waals surface area contributed by atoms with Crippen molar-refractivity contribution in [3.05, 3.63) is 40.5 Å². The van der Waals surface area contributed by atoms with Crippen LogP contribution in [0.1, 0.15) is 56.0 Å². The van der Waals surface area contributed by atoms with E-state index in [1.165, 1.54) is 6.07 Å². The number of halogens is 1. The molecule has 1 aliphatic carbocycles. The summed E-state index contributed by atoms with van der Waals surface area (Å²) in [6.07, 6.45) is 4.51. The minimum absolute atomic E-state index is 0.0425. The van der Waals surface area contributed by atoms with Crippen molar-refractivity contribution in [3.63, 3.8) is 0 Å². The molecule has 2 atom stereocenters. The van der Waals surface area contributed by atoms with E-state index in [9.17, 15) is 14.3 Å². The lowest BCUT2D eigenvalue weighted by molar-refractivity contribution is -0.148. The van der Waals surface area contributed by atoms with Gasteiger partial charge in [0.1, 0.15) is 6.10 Å². The van der Waals surface area contributed by atoms with Crippen LogP contribution in [0.2, 0.25) is 0 Å². The average molecular weight is 447 g/mol. The number of unbranched alkanes of at least 4 members (excludes halogenated alkanes) is 1. The number of morpholine rings is 1. The third-order valence-electron chi connectivity index (χ3n) is 6.09. The fraction of sp³-hybridized carbons (Fsp3) is 0.542. The van der Waals surface area contributed by atoms with Crippen LogP contribution in [0.5, 0.6) is 5.75 Å². The van der Waals surface area contributed by atoms with Gasteiger partial charge in [-0.25, -0.2) is 4.39 Å². The van der Waals surface area contributed by atoms with Gasteiger partial charge in [-0.3, -0.25) is 4.79 Å². The Labute approximate surface area is 187 Å². The highest BCUT2D eigenvalue weighted by Crippen LogP contribution is 2.44. The SMILES string of the molecule is CCCCc1cc([C@@H](C)N(C(=O)[C@H]2CNCCO2)C2CC2)sc1-c1cccc(F)c1O. The van der Waals surface area contributed by atoms with Crippen LogP contribution in [-0.2, 0) is 16.0 Å². The van der Waals surface area contributed by atoms with Crippen LogP contribution in [0.15, 0.2) is 24.3 Å². The summed E-state index contributed by atoms with van der Waals surface area (Å²) in [5.74, 6) is -0.877. The van der Waals surface area contributed by atoms with E-state index < -0.39 is 11.9 Å². The molecular weight excluding hydrogens is 415 g/mol. The number of hydrogen-bond acceptors (Lipinski definition) is 5. The number of rotatable bonds is 8. The number of thiophene rings is 1. The van der Waals surface area contributed by atoms with Crippen LogP contribution in [0, 0.1) is 5.82 Å². The number of amides is 1. The van der Waals surface area contributed by atoms with Gasteiger partial charge in [0, 0.05) is 34.4 Å². The normalized spacial score (nSPS) is 19.9. The predicted octanol–water partition coefficient (Wildman–Crippen LogP) is 4.64. The molecule has 0 spiro atoms. The van der Waals surface area contributed by atoms with Crippen molar-refractivity contribution in [1.29, 1.82) is 0 Å². The molecule has 1 saturated heterocycles. The molecule has 2 aliphatic rings. The zero-order chi connectivity index (χ0) is 22.0. The molecule has 2 aromatic rings. The summed E-state index contributed by atoms with van der Waals surface area (Å²) in [7, 11) is 0. The van der Waals surface area contributed by atoms with E-state index in [1.807, 2.05) is 4.90 Å². The first-order chi connectivity index (χ1) is 15.0. The Morgan fingerprint density at radius 3 is 2.90 bits per heavy atom. The molecule has 5 nitrogen and oxygen atoms in total. The molecule has 0 bridgehead atoms. The Morgan fingerprint density at radius 1 is 1.42 bits per heavy atom. The minimum atomic E-state index is -0.612. The van der Waals surface area contributed by atoms with Crippen LogP contribution in [-0.4, -0.2) is 47.8 Å². The first-order valence-corrected chi connectivity index (χ1v) is 12.1. The molecule has 1 aromatic carbocycles. The van der Waals surface area contributed by atoms with Gasteiger partial charge in [0.15, 0.2) is 11.6 Å². The summed E-state index contributed by atoms with van der Waals surface area (Å²) in [5, 5.41) is 13.6. The van der Waals surface area contributed by atoms with Gasteiger partial charge in [-0.15, -0.1) is 11.3 Å². The Balaban J connectivity index is 1.66. The minimum Gasteiger partial charge on any atom is -0.504 e. The number of para-hydroxylation sites is 1. The molecule has 31 heavy (non-hydrogen) atoms. The van der Waals surface area contributed by atoms with Crippen LogP contribution < -0.4 is 5.32 Å². The van der Waals surface area contributed by atoms with Crippen molar-refractivity contribution in [2.75, 3.05) is 19.7 Å². The van der Waals surface area contributed by atoms with Gasteiger partial charge in [-0.1, -0.05) is 19.4 Å². The first-order valence-electron chi connectivity index (χ1n) is 11.3. The number of phenols is 1. The molecule has 1 amide bonds. The van der Waals surface area contributed by atoms with Crippen molar-refractivity contribution in [3.8, 4) is 16.2 Å². The number of nitrogens with zero attached hydrogens (tertiary/aromatic N) is 1. The monoisotopic (exact) mass is 446 g/mol. The van der Waals surface area contributed by atoms with E-state index in [1.54, 1.807) is 23.5 Å². The van der Waals surface area contributed by atoms with Gasteiger partial charge >= 0.3 is 0 Å². The summed E-state index contributed by atoms with van der Waals surface area (Å²) in [6.45, 7) is 6.07. The van der Waals surface area contributed by atoms with E-state index in [4.69, 9.17) is 4.74 Å². The summed E-state index contributed by atoms with van der Waals surface area (Å²) in [4.78, 5) is 17.2. The highest BCUT2D eigenvalue weighted by Gasteiger charge is 2.40. The fourth-order valence-electron chi connectivity index (χ4n) is 4.20. The average Bonchev–Trinajstić information content (AvgIpc) is 3.53. The molecule has 4 rings (SSSR count). The van der Waals surface area contributed by atoms with Gasteiger partial charge in [0.25, 0.3) is 5.91 Å². The van der Waals surface area contributed by atoms with E-state index in [0.29, 0.717) is 18.7 Å². The zero-order valence-electron chi connectivity index (χ0n) is 18.2. The maximum absolute atomic E-state index is 14.0. The molecule has 7 heteroatoms. The number of ether oxygens (including phenoxy) is 1.